The molecule has 0 saturated heterocycles. The molecule has 0 radical (unpaired) electrons. The van der Waals surface area contributed by atoms with E-state index in [9.17, 15) is 0 Å². The van der Waals surface area contributed by atoms with Gasteiger partial charge in [-0.15, -0.1) is 11.8 Å². The molecule has 70 valence electrons. The SMILES string of the molecule is CSc1ccccc1-c1ncccn1. The first-order valence-corrected chi connectivity index (χ1v) is 5.54. The summed E-state index contributed by atoms with van der Waals surface area (Å²) in [5.41, 5.74) is 1.10. The predicted molar refractivity (Wildman–Crippen MR) is 59.2 cm³/mol. The summed E-state index contributed by atoms with van der Waals surface area (Å²) in [6.45, 7) is 0. The quantitative estimate of drug-likeness (QED) is 0.700. The van der Waals surface area contributed by atoms with Crippen molar-refractivity contribution in [2.75, 3.05) is 6.26 Å². The molecule has 0 aliphatic heterocycles. The molecule has 0 bridgehead atoms. The number of aromatic nitrogens is 2. The fourth-order valence-corrected chi connectivity index (χ4v) is 1.86. The second kappa shape index (κ2) is 4.24. The van der Waals surface area contributed by atoms with E-state index in [-0.39, 0.29) is 0 Å². The first-order valence-electron chi connectivity index (χ1n) is 4.32. The van der Waals surface area contributed by atoms with Crippen molar-refractivity contribution < 1.29 is 0 Å². The molecule has 1 heterocycles. The highest BCUT2D eigenvalue weighted by atomic mass is 32.2. The maximum absolute atomic E-state index is 4.23. The molecule has 3 heteroatoms. The highest BCUT2D eigenvalue weighted by Gasteiger charge is 2.04. The largest absolute Gasteiger partial charge is 0.237 e. The molecule has 0 aliphatic rings. The van der Waals surface area contributed by atoms with E-state index in [1.807, 2.05) is 24.3 Å². The Balaban J connectivity index is 2.51. The van der Waals surface area contributed by atoms with Gasteiger partial charge in [0.05, 0.1) is 0 Å². The van der Waals surface area contributed by atoms with Crippen LogP contribution in [0.5, 0.6) is 0 Å². The first-order chi connectivity index (χ1) is 6.92. The van der Waals surface area contributed by atoms with Crippen molar-refractivity contribution in [3.8, 4) is 11.4 Å². The number of rotatable bonds is 2. The Morgan fingerprint density at radius 2 is 1.71 bits per heavy atom. The minimum Gasteiger partial charge on any atom is -0.237 e. The molecule has 2 nitrogen and oxygen atoms in total. The van der Waals surface area contributed by atoms with E-state index in [1.54, 1.807) is 24.2 Å². The van der Waals surface area contributed by atoms with Crippen LogP contribution in [0.3, 0.4) is 0 Å². The van der Waals surface area contributed by atoms with Gasteiger partial charge in [0.2, 0.25) is 0 Å². The third kappa shape index (κ3) is 1.77. The Labute approximate surface area is 87.4 Å². The van der Waals surface area contributed by atoms with Crippen LogP contribution in [-0.2, 0) is 0 Å². The van der Waals surface area contributed by atoms with E-state index in [1.165, 1.54) is 4.90 Å². The molecule has 14 heavy (non-hydrogen) atoms. The molecular formula is C11H10N2S. The van der Waals surface area contributed by atoms with Crippen LogP contribution in [-0.4, -0.2) is 16.2 Å². The third-order valence-electron chi connectivity index (χ3n) is 1.91. The van der Waals surface area contributed by atoms with Crippen molar-refractivity contribution >= 4 is 11.8 Å². The zero-order chi connectivity index (χ0) is 9.80. The molecule has 0 amide bonds. The maximum atomic E-state index is 4.23. The summed E-state index contributed by atoms with van der Waals surface area (Å²) < 4.78 is 0. The van der Waals surface area contributed by atoms with Gasteiger partial charge >= 0.3 is 0 Å². The van der Waals surface area contributed by atoms with Gasteiger partial charge in [0, 0.05) is 22.9 Å². The standard InChI is InChI=1S/C11H10N2S/c1-14-10-6-3-2-5-9(10)11-12-7-4-8-13-11/h2-8H,1H3. The Morgan fingerprint density at radius 3 is 2.43 bits per heavy atom. The zero-order valence-electron chi connectivity index (χ0n) is 7.84. The van der Waals surface area contributed by atoms with Gasteiger partial charge in [0.25, 0.3) is 0 Å². The van der Waals surface area contributed by atoms with Crippen LogP contribution in [0, 0.1) is 0 Å². The lowest BCUT2D eigenvalue weighted by Crippen LogP contribution is -1.88. The average Bonchev–Trinajstić information content (AvgIpc) is 2.30. The second-order valence-electron chi connectivity index (χ2n) is 2.77. The lowest BCUT2D eigenvalue weighted by molar-refractivity contribution is 1.16. The van der Waals surface area contributed by atoms with Crippen LogP contribution >= 0.6 is 11.8 Å². The molecular weight excluding hydrogens is 192 g/mol. The monoisotopic (exact) mass is 202 g/mol. The fraction of sp³-hybridized carbons (Fsp3) is 0.0909. The van der Waals surface area contributed by atoms with Gasteiger partial charge in [-0.1, -0.05) is 18.2 Å². The molecule has 1 aromatic carbocycles. The molecule has 1 aromatic heterocycles. The normalized spacial score (nSPS) is 10.1. The average molecular weight is 202 g/mol. The lowest BCUT2D eigenvalue weighted by atomic mass is 10.2. The third-order valence-corrected chi connectivity index (χ3v) is 2.71. The highest BCUT2D eigenvalue weighted by molar-refractivity contribution is 7.98. The van der Waals surface area contributed by atoms with Crippen molar-refractivity contribution in [3.05, 3.63) is 42.7 Å². The van der Waals surface area contributed by atoms with E-state index in [0.29, 0.717) is 0 Å². The predicted octanol–water partition coefficient (Wildman–Crippen LogP) is 2.87. The number of hydrogen-bond acceptors (Lipinski definition) is 3. The van der Waals surface area contributed by atoms with Gasteiger partial charge in [-0.25, -0.2) is 9.97 Å². The smallest absolute Gasteiger partial charge is 0.160 e. The van der Waals surface area contributed by atoms with Gasteiger partial charge in [0.15, 0.2) is 5.82 Å². The van der Waals surface area contributed by atoms with E-state index >= 15 is 0 Å². The fourth-order valence-electron chi connectivity index (χ4n) is 1.27. The Hall–Kier alpha value is -1.35. The Bertz CT molecular complexity index is 415. The van der Waals surface area contributed by atoms with Crippen LogP contribution in [0.15, 0.2) is 47.6 Å². The molecule has 0 N–H and O–H groups in total. The zero-order valence-corrected chi connectivity index (χ0v) is 8.66. The molecule has 2 aromatic rings. The summed E-state index contributed by atoms with van der Waals surface area (Å²) in [6, 6.07) is 9.98. The molecule has 0 spiro atoms. The van der Waals surface area contributed by atoms with Crippen molar-refractivity contribution in [2.45, 2.75) is 4.90 Å². The summed E-state index contributed by atoms with van der Waals surface area (Å²) in [5, 5.41) is 0. The molecule has 0 unspecified atom stereocenters. The summed E-state index contributed by atoms with van der Waals surface area (Å²) in [6.07, 6.45) is 5.58. The summed E-state index contributed by atoms with van der Waals surface area (Å²) in [4.78, 5) is 9.67. The molecule has 2 rings (SSSR count). The maximum Gasteiger partial charge on any atom is 0.160 e. The van der Waals surface area contributed by atoms with Gasteiger partial charge < -0.3 is 0 Å². The topological polar surface area (TPSA) is 25.8 Å². The van der Waals surface area contributed by atoms with Crippen LogP contribution < -0.4 is 0 Å². The van der Waals surface area contributed by atoms with Gasteiger partial charge in [-0.05, 0) is 18.4 Å². The number of benzene rings is 1. The second-order valence-corrected chi connectivity index (χ2v) is 3.62. The Morgan fingerprint density at radius 1 is 1.00 bits per heavy atom. The van der Waals surface area contributed by atoms with Crippen LogP contribution in [0.4, 0.5) is 0 Å². The number of nitrogens with zero attached hydrogens (tertiary/aromatic N) is 2. The highest BCUT2D eigenvalue weighted by Crippen LogP contribution is 2.26. The van der Waals surface area contributed by atoms with Crippen LogP contribution in [0.2, 0.25) is 0 Å². The number of hydrogen-bond donors (Lipinski definition) is 0. The Kier molecular flexibility index (Phi) is 2.79. The van der Waals surface area contributed by atoms with Crippen molar-refractivity contribution in [3.63, 3.8) is 0 Å². The molecule has 0 saturated carbocycles. The number of thioether (sulfide) groups is 1. The minimum atomic E-state index is 0.789. The van der Waals surface area contributed by atoms with Crippen molar-refractivity contribution in [1.29, 1.82) is 0 Å². The lowest BCUT2D eigenvalue weighted by Gasteiger charge is -2.04. The van der Waals surface area contributed by atoms with Gasteiger partial charge in [0.1, 0.15) is 0 Å². The van der Waals surface area contributed by atoms with Crippen molar-refractivity contribution in [2.24, 2.45) is 0 Å². The van der Waals surface area contributed by atoms with Crippen LogP contribution in [0.25, 0.3) is 11.4 Å². The van der Waals surface area contributed by atoms with Gasteiger partial charge in [-0.3, -0.25) is 0 Å². The van der Waals surface area contributed by atoms with E-state index < -0.39 is 0 Å². The van der Waals surface area contributed by atoms with E-state index in [2.05, 4.69) is 22.3 Å². The van der Waals surface area contributed by atoms with E-state index in [0.717, 1.165) is 11.4 Å². The summed E-state index contributed by atoms with van der Waals surface area (Å²) >= 11 is 1.71. The molecule has 0 fully saturated rings. The van der Waals surface area contributed by atoms with Crippen molar-refractivity contribution in [1.82, 2.24) is 9.97 Å². The summed E-state index contributed by atoms with van der Waals surface area (Å²) in [7, 11) is 0. The first kappa shape index (κ1) is 9.21. The van der Waals surface area contributed by atoms with Crippen LogP contribution in [0.1, 0.15) is 0 Å². The van der Waals surface area contributed by atoms with Gasteiger partial charge in [-0.2, -0.15) is 0 Å². The van der Waals surface area contributed by atoms with E-state index in [4.69, 9.17) is 0 Å². The molecule has 0 aliphatic carbocycles. The summed E-state index contributed by atoms with van der Waals surface area (Å²) in [5.74, 6) is 0.789. The minimum absolute atomic E-state index is 0.789. The molecule has 0 atom stereocenters.